The Balaban J connectivity index is 1.84. The van der Waals surface area contributed by atoms with Crippen molar-refractivity contribution in [2.24, 2.45) is 0 Å². The van der Waals surface area contributed by atoms with Gasteiger partial charge in [-0.1, -0.05) is 23.7 Å². The van der Waals surface area contributed by atoms with Crippen LogP contribution in [-0.2, 0) is 19.3 Å². The minimum Gasteiger partial charge on any atom is -0.467 e. The molecule has 10 heteroatoms. The molecule has 2 heterocycles. The monoisotopic (exact) mass is 462 g/mol. The van der Waals surface area contributed by atoms with Gasteiger partial charge < -0.3 is 4.42 Å². The highest BCUT2D eigenvalue weighted by Crippen LogP contribution is 2.29. The average Bonchev–Trinajstić information content (AvgIpc) is 3.26. The third-order valence-electron chi connectivity index (χ3n) is 4.90. The van der Waals surface area contributed by atoms with Gasteiger partial charge in [-0.15, -0.1) is 0 Å². The predicted molar refractivity (Wildman–Crippen MR) is 111 cm³/mol. The standard InChI is InChI=1S/C22H14ClF3N2O4/c23-15-6-7-17-18(10-15)27(21(31)28(20(17)30)11-16-5-2-8-32-16)12-19(29)13-3-1-4-14(9-13)22(24,25)26/h1-10H,11-12H2. The van der Waals surface area contributed by atoms with Gasteiger partial charge in [-0.2, -0.15) is 13.2 Å². The number of benzene rings is 2. The molecular formula is C22H14ClF3N2O4. The van der Waals surface area contributed by atoms with Crippen LogP contribution in [0.15, 0.2) is 74.9 Å². The van der Waals surface area contributed by atoms with E-state index in [9.17, 15) is 27.6 Å². The molecular weight excluding hydrogens is 449 g/mol. The molecule has 2 aromatic heterocycles. The quantitative estimate of drug-likeness (QED) is 0.413. The molecule has 0 aliphatic carbocycles. The molecule has 0 saturated heterocycles. The Kier molecular flexibility index (Phi) is 5.52. The Bertz CT molecular complexity index is 1440. The first-order valence-corrected chi connectivity index (χ1v) is 9.68. The number of halogens is 4. The summed E-state index contributed by atoms with van der Waals surface area (Å²) in [5.74, 6) is -0.393. The largest absolute Gasteiger partial charge is 0.467 e. The molecule has 32 heavy (non-hydrogen) atoms. The summed E-state index contributed by atoms with van der Waals surface area (Å²) < 4.78 is 46.2. The van der Waals surface area contributed by atoms with Crippen molar-refractivity contribution in [3.63, 3.8) is 0 Å². The molecule has 0 amide bonds. The highest BCUT2D eigenvalue weighted by atomic mass is 35.5. The Labute approximate surface area is 183 Å². The highest BCUT2D eigenvalue weighted by Gasteiger charge is 2.31. The number of carbonyl (C=O) groups excluding carboxylic acids is 1. The lowest BCUT2D eigenvalue weighted by molar-refractivity contribution is -0.137. The molecule has 6 nitrogen and oxygen atoms in total. The maximum Gasteiger partial charge on any atom is 0.416 e. The number of aromatic nitrogens is 2. The summed E-state index contributed by atoms with van der Waals surface area (Å²) in [6.07, 6.45) is -3.24. The van der Waals surface area contributed by atoms with E-state index in [1.807, 2.05) is 0 Å². The molecule has 0 atom stereocenters. The Morgan fingerprint density at radius 3 is 2.47 bits per heavy atom. The first-order chi connectivity index (χ1) is 15.1. The van der Waals surface area contributed by atoms with Gasteiger partial charge in [0.15, 0.2) is 5.78 Å². The van der Waals surface area contributed by atoms with Crippen molar-refractivity contribution in [3.8, 4) is 0 Å². The van der Waals surface area contributed by atoms with Gasteiger partial charge in [0.25, 0.3) is 5.56 Å². The zero-order valence-electron chi connectivity index (χ0n) is 16.2. The average molecular weight is 463 g/mol. The number of Topliss-reactive ketones (excluding diaryl/α,β-unsaturated/α-hetero) is 1. The van der Waals surface area contributed by atoms with Gasteiger partial charge in [0.1, 0.15) is 5.76 Å². The lowest BCUT2D eigenvalue weighted by atomic mass is 10.1. The number of alkyl halides is 3. The van der Waals surface area contributed by atoms with Crippen LogP contribution in [0.1, 0.15) is 21.7 Å². The summed E-state index contributed by atoms with van der Waals surface area (Å²) in [4.78, 5) is 38.9. The second-order valence-electron chi connectivity index (χ2n) is 7.00. The van der Waals surface area contributed by atoms with Crippen LogP contribution in [0.4, 0.5) is 13.2 Å². The van der Waals surface area contributed by atoms with Crippen LogP contribution < -0.4 is 11.2 Å². The summed E-state index contributed by atoms with van der Waals surface area (Å²) in [5, 5.41) is 0.345. The number of rotatable bonds is 5. The van der Waals surface area contributed by atoms with Crippen LogP contribution in [0.25, 0.3) is 10.9 Å². The number of fused-ring (bicyclic) bond motifs is 1. The third kappa shape index (κ3) is 4.11. The summed E-state index contributed by atoms with van der Waals surface area (Å²) in [5.41, 5.74) is -2.53. The summed E-state index contributed by atoms with van der Waals surface area (Å²) in [7, 11) is 0. The number of hydrogen-bond donors (Lipinski definition) is 0. The van der Waals surface area contributed by atoms with E-state index in [-0.39, 0.29) is 28.0 Å². The normalized spacial score (nSPS) is 11.8. The second-order valence-corrected chi connectivity index (χ2v) is 7.44. The van der Waals surface area contributed by atoms with E-state index in [0.29, 0.717) is 5.76 Å². The van der Waals surface area contributed by atoms with Gasteiger partial charge >= 0.3 is 11.9 Å². The molecule has 0 saturated carbocycles. The SMILES string of the molecule is O=C(Cn1c(=O)n(Cc2ccco2)c(=O)c2ccc(Cl)cc21)c1cccc(C(F)(F)F)c1. The molecule has 0 radical (unpaired) electrons. The zero-order chi connectivity index (χ0) is 23.0. The highest BCUT2D eigenvalue weighted by molar-refractivity contribution is 6.31. The van der Waals surface area contributed by atoms with Crippen LogP contribution in [0, 0.1) is 0 Å². The van der Waals surface area contributed by atoms with Crippen LogP contribution >= 0.6 is 11.6 Å². The van der Waals surface area contributed by atoms with Gasteiger partial charge in [0.05, 0.1) is 35.8 Å². The number of nitrogens with zero attached hydrogens (tertiary/aromatic N) is 2. The lowest BCUT2D eigenvalue weighted by Crippen LogP contribution is -2.41. The van der Waals surface area contributed by atoms with E-state index in [1.54, 1.807) is 12.1 Å². The fraction of sp³-hybridized carbons (Fsp3) is 0.136. The molecule has 4 aromatic rings. The van der Waals surface area contributed by atoms with Crippen molar-refractivity contribution in [2.45, 2.75) is 19.3 Å². The van der Waals surface area contributed by atoms with E-state index in [2.05, 4.69) is 0 Å². The Morgan fingerprint density at radius 2 is 1.78 bits per heavy atom. The van der Waals surface area contributed by atoms with Crippen molar-refractivity contribution in [1.82, 2.24) is 9.13 Å². The maximum atomic E-state index is 13.1. The Hall–Kier alpha value is -3.59. The molecule has 0 aliphatic rings. The first-order valence-electron chi connectivity index (χ1n) is 9.31. The molecule has 0 fully saturated rings. The fourth-order valence-corrected chi connectivity index (χ4v) is 3.51. The van der Waals surface area contributed by atoms with Crippen molar-refractivity contribution < 1.29 is 22.4 Å². The topological polar surface area (TPSA) is 74.2 Å². The van der Waals surface area contributed by atoms with E-state index in [4.69, 9.17) is 16.0 Å². The maximum absolute atomic E-state index is 13.1. The van der Waals surface area contributed by atoms with Crippen molar-refractivity contribution >= 4 is 28.3 Å². The number of furan rings is 1. The van der Waals surface area contributed by atoms with Crippen LogP contribution in [-0.4, -0.2) is 14.9 Å². The molecule has 4 rings (SSSR count). The van der Waals surface area contributed by atoms with Gasteiger partial charge in [0, 0.05) is 10.6 Å². The molecule has 164 valence electrons. The van der Waals surface area contributed by atoms with Crippen LogP contribution in [0.3, 0.4) is 0 Å². The number of carbonyl (C=O) groups is 1. The number of hydrogen-bond acceptors (Lipinski definition) is 4. The van der Waals surface area contributed by atoms with Crippen molar-refractivity contribution in [3.05, 3.63) is 104 Å². The summed E-state index contributed by atoms with van der Waals surface area (Å²) in [6, 6.07) is 11.3. The molecule has 2 aromatic carbocycles. The molecule has 0 aliphatic heterocycles. The van der Waals surface area contributed by atoms with E-state index < -0.39 is 35.3 Å². The summed E-state index contributed by atoms with van der Waals surface area (Å²) in [6.45, 7) is -0.767. The van der Waals surface area contributed by atoms with E-state index in [1.165, 1.54) is 30.5 Å². The van der Waals surface area contributed by atoms with Gasteiger partial charge in [-0.3, -0.25) is 18.7 Å². The van der Waals surface area contributed by atoms with Gasteiger partial charge in [-0.05, 0) is 42.5 Å². The van der Waals surface area contributed by atoms with E-state index >= 15 is 0 Å². The lowest BCUT2D eigenvalue weighted by Gasteiger charge is -2.14. The fourth-order valence-electron chi connectivity index (χ4n) is 3.34. The predicted octanol–water partition coefficient (Wildman–Crippen LogP) is 4.36. The molecule has 0 unspecified atom stereocenters. The van der Waals surface area contributed by atoms with Gasteiger partial charge in [0.2, 0.25) is 0 Å². The Morgan fingerprint density at radius 1 is 1.00 bits per heavy atom. The van der Waals surface area contributed by atoms with Crippen LogP contribution in [0.2, 0.25) is 5.02 Å². The first kappa shape index (κ1) is 21.6. The zero-order valence-corrected chi connectivity index (χ0v) is 17.0. The minimum atomic E-state index is -4.62. The van der Waals surface area contributed by atoms with Crippen molar-refractivity contribution in [1.29, 1.82) is 0 Å². The van der Waals surface area contributed by atoms with Gasteiger partial charge in [-0.25, -0.2) is 4.79 Å². The molecule has 0 spiro atoms. The van der Waals surface area contributed by atoms with E-state index in [0.717, 1.165) is 27.3 Å². The molecule has 0 bridgehead atoms. The third-order valence-corrected chi connectivity index (χ3v) is 5.13. The minimum absolute atomic E-state index is 0.100. The molecule has 0 N–H and O–H groups in total. The van der Waals surface area contributed by atoms with Crippen LogP contribution in [0.5, 0.6) is 0 Å². The second kappa shape index (κ2) is 8.16. The summed E-state index contributed by atoms with van der Waals surface area (Å²) >= 11 is 6.03. The van der Waals surface area contributed by atoms with Crippen molar-refractivity contribution in [2.75, 3.05) is 0 Å². The smallest absolute Gasteiger partial charge is 0.416 e. The number of ketones is 1.